The lowest BCUT2D eigenvalue weighted by atomic mass is 9.82. The van der Waals surface area contributed by atoms with E-state index in [1.54, 1.807) is 0 Å². The summed E-state index contributed by atoms with van der Waals surface area (Å²) in [5.74, 6) is 0.271. The Labute approximate surface area is 214 Å². The minimum atomic E-state index is -4.68. The van der Waals surface area contributed by atoms with Crippen LogP contribution in [-0.4, -0.2) is 46.6 Å². The Hall–Kier alpha value is -2.94. The number of nitrogens with zero attached hydrogens (tertiary/aromatic N) is 1. The molecule has 194 valence electrons. The van der Waals surface area contributed by atoms with Gasteiger partial charge in [-0.25, -0.2) is 4.57 Å². The number of carbonyl (C=O) groups is 1. The van der Waals surface area contributed by atoms with E-state index in [4.69, 9.17) is 14.0 Å². The van der Waals surface area contributed by atoms with Gasteiger partial charge in [0.2, 0.25) is 12.7 Å². The quantitative estimate of drug-likeness (QED) is 0.400. The van der Waals surface area contributed by atoms with Crippen molar-refractivity contribution in [3.63, 3.8) is 0 Å². The van der Waals surface area contributed by atoms with Crippen LogP contribution in [-0.2, 0) is 20.4 Å². The average molecular weight is 525 g/mol. The van der Waals surface area contributed by atoms with Gasteiger partial charge >= 0.3 is 7.82 Å². The predicted molar refractivity (Wildman–Crippen MR) is 136 cm³/mol. The summed E-state index contributed by atoms with van der Waals surface area (Å²) >= 11 is 0. The van der Waals surface area contributed by atoms with Crippen molar-refractivity contribution in [2.24, 2.45) is 11.8 Å². The molecule has 3 aliphatic rings. The number of fused-ring (bicyclic) bond motifs is 3. The van der Waals surface area contributed by atoms with E-state index in [1.165, 1.54) is 0 Å². The second-order valence-corrected chi connectivity index (χ2v) is 11.1. The molecule has 0 saturated carbocycles. The third-order valence-electron chi connectivity index (χ3n) is 7.75. The summed E-state index contributed by atoms with van der Waals surface area (Å²) in [4.78, 5) is 35.0. The highest BCUT2D eigenvalue weighted by Gasteiger charge is 2.54. The maximum absolute atomic E-state index is 13.8. The molecule has 3 aromatic carbocycles. The topological polar surface area (TPSA) is 118 Å². The second kappa shape index (κ2) is 9.74. The number of hydrogen-bond acceptors (Lipinski definition) is 6. The number of phosphoric acid groups is 1. The Morgan fingerprint density at radius 1 is 1.05 bits per heavy atom. The van der Waals surface area contributed by atoms with E-state index in [0.717, 1.165) is 41.3 Å². The number of phosphoric ester groups is 1. The first-order valence-electron chi connectivity index (χ1n) is 12.5. The zero-order valence-electron chi connectivity index (χ0n) is 20.2. The molecule has 3 heterocycles. The third kappa shape index (κ3) is 4.85. The van der Waals surface area contributed by atoms with Gasteiger partial charge < -0.3 is 24.6 Å². The summed E-state index contributed by atoms with van der Waals surface area (Å²) < 4.78 is 27.4. The molecule has 2 saturated heterocycles. The van der Waals surface area contributed by atoms with Crippen LogP contribution in [0.5, 0.6) is 11.5 Å². The van der Waals surface area contributed by atoms with Crippen molar-refractivity contribution >= 4 is 24.5 Å². The maximum atomic E-state index is 13.8. The maximum Gasteiger partial charge on any atom is 0.469 e. The molecular weight excluding hydrogens is 495 g/mol. The molecule has 3 aliphatic heterocycles. The SMILES string of the molecule is O=C(NCc1ccc2c(c1)OCO2)[C@@H]1[C@H](COP(=O)(O)O)[C@H]2CCCN2[C@@H]1c1ccc2ccccc2c1. The number of benzene rings is 3. The van der Waals surface area contributed by atoms with Crippen LogP contribution < -0.4 is 14.8 Å². The van der Waals surface area contributed by atoms with Crippen LogP contribution in [0, 0.1) is 11.8 Å². The van der Waals surface area contributed by atoms with E-state index >= 15 is 0 Å². The first-order valence-corrected chi connectivity index (χ1v) is 14.0. The molecule has 0 aliphatic carbocycles. The number of hydrogen-bond donors (Lipinski definition) is 3. The third-order valence-corrected chi connectivity index (χ3v) is 8.24. The summed E-state index contributed by atoms with van der Waals surface area (Å²) in [5, 5.41) is 5.28. The molecular formula is C27H29N2O7P. The van der Waals surface area contributed by atoms with E-state index < -0.39 is 13.7 Å². The lowest BCUT2D eigenvalue weighted by molar-refractivity contribution is -0.127. The number of carbonyl (C=O) groups excluding carboxylic acids is 1. The first kappa shape index (κ1) is 24.4. The highest BCUT2D eigenvalue weighted by atomic mass is 31.2. The van der Waals surface area contributed by atoms with Crippen LogP contribution in [0.4, 0.5) is 0 Å². The molecule has 0 radical (unpaired) electrons. The molecule has 1 amide bonds. The van der Waals surface area contributed by atoms with Gasteiger partial charge in [-0.1, -0.05) is 42.5 Å². The van der Waals surface area contributed by atoms with Crippen molar-refractivity contribution in [1.82, 2.24) is 10.2 Å². The molecule has 0 aromatic heterocycles. The Bertz CT molecular complexity index is 1380. The molecule has 3 aromatic rings. The van der Waals surface area contributed by atoms with Crippen LogP contribution in [0.1, 0.15) is 30.0 Å². The molecule has 37 heavy (non-hydrogen) atoms. The van der Waals surface area contributed by atoms with Crippen LogP contribution in [0.3, 0.4) is 0 Å². The molecule has 4 atom stereocenters. The first-order chi connectivity index (χ1) is 17.9. The van der Waals surface area contributed by atoms with Gasteiger partial charge in [0.05, 0.1) is 12.5 Å². The average Bonchev–Trinajstić information content (AvgIpc) is 3.61. The molecule has 0 bridgehead atoms. The Balaban J connectivity index is 1.31. The van der Waals surface area contributed by atoms with Crippen molar-refractivity contribution < 1.29 is 33.1 Å². The van der Waals surface area contributed by atoms with Crippen molar-refractivity contribution in [2.45, 2.75) is 31.5 Å². The number of nitrogens with one attached hydrogen (secondary N) is 1. The van der Waals surface area contributed by atoms with E-state index in [2.05, 4.69) is 40.5 Å². The van der Waals surface area contributed by atoms with Gasteiger partial charge in [0, 0.05) is 24.5 Å². The number of amides is 1. The summed E-state index contributed by atoms with van der Waals surface area (Å²) in [6.45, 7) is 1.12. The summed E-state index contributed by atoms with van der Waals surface area (Å²) in [6.07, 6.45) is 1.82. The number of rotatable bonds is 7. The van der Waals surface area contributed by atoms with Crippen LogP contribution in [0.25, 0.3) is 10.8 Å². The molecule has 2 fully saturated rings. The van der Waals surface area contributed by atoms with Gasteiger partial charge in [0.15, 0.2) is 11.5 Å². The zero-order chi connectivity index (χ0) is 25.6. The molecule has 0 unspecified atom stereocenters. The minimum absolute atomic E-state index is 0.00399. The predicted octanol–water partition coefficient (Wildman–Crippen LogP) is 3.75. The van der Waals surface area contributed by atoms with E-state index in [0.29, 0.717) is 18.0 Å². The van der Waals surface area contributed by atoms with Gasteiger partial charge in [-0.05, 0) is 59.5 Å². The molecule has 9 nitrogen and oxygen atoms in total. The molecule has 6 rings (SSSR count). The molecule has 3 N–H and O–H groups in total. The monoisotopic (exact) mass is 524 g/mol. The Kier molecular flexibility index (Phi) is 6.42. The highest BCUT2D eigenvalue weighted by Crippen LogP contribution is 2.51. The molecule has 0 spiro atoms. The van der Waals surface area contributed by atoms with E-state index in [1.807, 2.05) is 30.3 Å². The summed E-state index contributed by atoms with van der Waals surface area (Å²) in [7, 11) is -4.68. The molecule has 10 heteroatoms. The smallest absolute Gasteiger partial charge is 0.454 e. The summed E-state index contributed by atoms with van der Waals surface area (Å²) in [6, 6.07) is 19.7. The van der Waals surface area contributed by atoms with E-state index in [9.17, 15) is 19.1 Å². The fourth-order valence-corrected chi connectivity index (χ4v) is 6.55. The van der Waals surface area contributed by atoms with Gasteiger partial charge in [-0.2, -0.15) is 0 Å². The fourth-order valence-electron chi connectivity index (χ4n) is 6.18. The van der Waals surface area contributed by atoms with Crippen molar-refractivity contribution in [2.75, 3.05) is 19.9 Å². The Morgan fingerprint density at radius 3 is 2.70 bits per heavy atom. The zero-order valence-corrected chi connectivity index (χ0v) is 21.1. The van der Waals surface area contributed by atoms with Gasteiger partial charge in [0.1, 0.15) is 0 Å². The minimum Gasteiger partial charge on any atom is -0.454 e. The van der Waals surface area contributed by atoms with E-state index in [-0.39, 0.29) is 37.3 Å². The highest BCUT2D eigenvalue weighted by molar-refractivity contribution is 7.46. The van der Waals surface area contributed by atoms with Gasteiger partial charge in [-0.3, -0.25) is 14.2 Å². The fraction of sp³-hybridized carbons (Fsp3) is 0.370. The summed E-state index contributed by atoms with van der Waals surface area (Å²) in [5.41, 5.74) is 1.90. The second-order valence-electron chi connectivity index (χ2n) is 9.88. The largest absolute Gasteiger partial charge is 0.469 e. The van der Waals surface area contributed by atoms with Crippen LogP contribution >= 0.6 is 7.82 Å². The van der Waals surface area contributed by atoms with Gasteiger partial charge in [0.25, 0.3) is 0 Å². The van der Waals surface area contributed by atoms with Crippen LogP contribution in [0.15, 0.2) is 60.7 Å². The Morgan fingerprint density at radius 2 is 1.86 bits per heavy atom. The lowest BCUT2D eigenvalue weighted by Gasteiger charge is -2.28. The number of ether oxygens (including phenoxy) is 2. The van der Waals surface area contributed by atoms with Crippen LogP contribution in [0.2, 0.25) is 0 Å². The van der Waals surface area contributed by atoms with Crippen molar-refractivity contribution in [3.8, 4) is 11.5 Å². The van der Waals surface area contributed by atoms with Crippen molar-refractivity contribution in [1.29, 1.82) is 0 Å². The lowest BCUT2D eigenvalue weighted by Crippen LogP contribution is -2.38. The normalized spacial score (nSPS) is 24.9. The van der Waals surface area contributed by atoms with Crippen molar-refractivity contribution in [3.05, 3.63) is 71.8 Å². The standard InChI is InChI=1S/C27H29N2O7P/c30-27(28-14-17-7-10-23-24(12-17)35-16-34-23)25-21(15-36-37(31,32)33)22-6-3-11-29(22)26(25)20-9-8-18-4-1-2-5-19(18)13-20/h1-2,4-5,7-10,12-13,21-22,25-26H,3,6,11,14-16H2,(H,28,30)(H2,31,32,33)/t21-,22-,25-,26-/m1/s1. The van der Waals surface area contributed by atoms with Gasteiger partial charge in [-0.15, -0.1) is 0 Å².